The zero-order valence-electron chi connectivity index (χ0n) is 12.0. The molecule has 1 aromatic rings. The molecular weight excluding hydrogens is 340 g/mol. The topological polar surface area (TPSA) is 32.3 Å². The molecule has 0 saturated carbocycles. The van der Waals surface area contributed by atoms with Gasteiger partial charge in [0.05, 0.1) is 11.7 Å². The number of amides is 1. The molecular formula is C15H20BrClN2O. The van der Waals surface area contributed by atoms with Crippen LogP contribution in [-0.2, 0) is 4.79 Å². The first-order valence-corrected chi connectivity index (χ1v) is 8.10. The standard InChI is InChI=1S/C15H20BrClN2O/c1-9-4-5-10(2)19(9)11(3)15(20)18-14-7-6-12(17)8-13(14)16/h6-11H,4-5H2,1-3H3,(H,18,20). The monoisotopic (exact) mass is 358 g/mol. The van der Waals surface area contributed by atoms with Crippen molar-refractivity contribution in [2.75, 3.05) is 5.32 Å². The van der Waals surface area contributed by atoms with E-state index in [0.717, 1.165) is 23.0 Å². The van der Waals surface area contributed by atoms with Crippen molar-refractivity contribution in [1.82, 2.24) is 4.90 Å². The molecule has 0 bridgehead atoms. The number of nitrogens with zero attached hydrogens (tertiary/aromatic N) is 1. The van der Waals surface area contributed by atoms with Crippen LogP contribution in [0, 0.1) is 0 Å². The molecule has 1 heterocycles. The number of hydrogen-bond acceptors (Lipinski definition) is 2. The van der Waals surface area contributed by atoms with Crippen LogP contribution in [0.15, 0.2) is 22.7 Å². The lowest BCUT2D eigenvalue weighted by Gasteiger charge is -2.31. The van der Waals surface area contributed by atoms with Crippen LogP contribution in [0.3, 0.4) is 0 Å². The summed E-state index contributed by atoms with van der Waals surface area (Å²) in [4.78, 5) is 14.7. The van der Waals surface area contributed by atoms with Crippen LogP contribution < -0.4 is 5.32 Å². The van der Waals surface area contributed by atoms with Gasteiger partial charge in [-0.05, 0) is 67.7 Å². The van der Waals surface area contributed by atoms with Gasteiger partial charge in [-0.3, -0.25) is 9.69 Å². The first-order chi connectivity index (χ1) is 9.40. The molecule has 20 heavy (non-hydrogen) atoms. The first-order valence-electron chi connectivity index (χ1n) is 6.93. The molecule has 110 valence electrons. The Morgan fingerprint density at radius 3 is 2.55 bits per heavy atom. The minimum atomic E-state index is -0.134. The van der Waals surface area contributed by atoms with E-state index >= 15 is 0 Å². The summed E-state index contributed by atoms with van der Waals surface area (Å²) in [6.45, 7) is 6.34. The van der Waals surface area contributed by atoms with Gasteiger partial charge in [0.25, 0.3) is 0 Å². The SMILES string of the molecule is CC1CCC(C)N1C(C)C(=O)Nc1ccc(Cl)cc1Br. The number of anilines is 1. The van der Waals surface area contributed by atoms with Crippen LogP contribution in [0.4, 0.5) is 5.69 Å². The van der Waals surface area contributed by atoms with E-state index in [1.165, 1.54) is 0 Å². The summed E-state index contributed by atoms with van der Waals surface area (Å²) < 4.78 is 0.799. The van der Waals surface area contributed by atoms with Crippen LogP contribution in [0.25, 0.3) is 0 Å². The van der Waals surface area contributed by atoms with Gasteiger partial charge >= 0.3 is 0 Å². The van der Waals surface area contributed by atoms with Gasteiger partial charge < -0.3 is 5.32 Å². The van der Waals surface area contributed by atoms with Crippen molar-refractivity contribution in [3.8, 4) is 0 Å². The maximum absolute atomic E-state index is 12.4. The zero-order chi connectivity index (χ0) is 14.9. The van der Waals surface area contributed by atoms with E-state index in [4.69, 9.17) is 11.6 Å². The largest absolute Gasteiger partial charge is 0.324 e. The Bertz CT molecular complexity index is 499. The second-order valence-electron chi connectivity index (χ2n) is 5.51. The van der Waals surface area contributed by atoms with Gasteiger partial charge in [-0.1, -0.05) is 11.6 Å². The number of nitrogens with one attached hydrogen (secondary N) is 1. The van der Waals surface area contributed by atoms with Crippen molar-refractivity contribution in [2.24, 2.45) is 0 Å². The Morgan fingerprint density at radius 1 is 1.40 bits per heavy atom. The maximum atomic E-state index is 12.4. The van der Waals surface area contributed by atoms with Gasteiger partial charge in [0, 0.05) is 21.6 Å². The molecule has 0 aliphatic carbocycles. The highest BCUT2D eigenvalue weighted by atomic mass is 79.9. The average molecular weight is 360 g/mol. The summed E-state index contributed by atoms with van der Waals surface area (Å²) in [5, 5.41) is 3.61. The van der Waals surface area contributed by atoms with Crippen LogP contribution in [0.1, 0.15) is 33.6 Å². The summed E-state index contributed by atoms with van der Waals surface area (Å²) in [6, 6.07) is 6.15. The second kappa shape index (κ2) is 6.46. The molecule has 1 fully saturated rings. The molecule has 3 nitrogen and oxygen atoms in total. The highest BCUT2D eigenvalue weighted by molar-refractivity contribution is 9.10. The molecule has 1 aliphatic rings. The Labute approximate surface area is 133 Å². The molecule has 1 amide bonds. The molecule has 1 aliphatic heterocycles. The zero-order valence-corrected chi connectivity index (χ0v) is 14.3. The van der Waals surface area contributed by atoms with Gasteiger partial charge in [-0.25, -0.2) is 0 Å². The lowest BCUT2D eigenvalue weighted by molar-refractivity contribution is -0.121. The molecule has 1 aromatic carbocycles. The summed E-state index contributed by atoms with van der Waals surface area (Å²) in [6.07, 6.45) is 2.31. The number of carbonyl (C=O) groups is 1. The third-order valence-corrected chi connectivity index (χ3v) is 4.93. The number of carbonyl (C=O) groups excluding carboxylic acids is 1. The number of rotatable bonds is 3. The van der Waals surface area contributed by atoms with Gasteiger partial charge in [0.15, 0.2) is 0 Å². The minimum absolute atomic E-state index is 0.0219. The van der Waals surface area contributed by atoms with E-state index in [1.54, 1.807) is 12.1 Å². The van der Waals surface area contributed by atoms with Crippen molar-refractivity contribution >= 4 is 39.1 Å². The summed E-state index contributed by atoms with van der Waals surface area (Å²) in [5.74, 6) is 0.0219. The van der Waals surface area contributed by atoms with E-state index in [9.17, 15) is 4.79 Å². The second-order valence-corrected chi connectivity index (χ2v) is 6.80. The van der Waals surface area contributed by atoms with Gasteiger partial charge in [-0.2, -0.15) is 0 Å². The molecule has 3 atom stereocenters. The van der Waals surface area contributed by atoms with Crippen LogP contribution in [0.5, 0.6) is 0 Å². The van der Waals surface area contributed by atoms with Crippen LogP contribution in [-0.4, -0.2) is 28.9 Å². The predicted molar refractivity (Wildman–Crippen MR) is 87.2 cm³/mol. The third kappa shape index (κ3) is 3.35. The highest BCUT2D eigenvalue weighted by Crippen LogP contribution is 2.28. The molecule has 0 spiro atoms. The van der Waals surface area contributed by atoms with Crippen molar-refractivity contribution in [1.29, 1.82) is 0 Å². The quantitative estimate of drug-likeness (QED) is 0.872. The van der Waals surface area contributed by atoms with Crippen LogP contribution >= 0.6 is 27.5 Å². The van der Waals surface area contributed by atoms with Crippen LogP contribution in [0.2, 0.25) is 5.02 Å². The summed E-state index contributed by atoms with van der Waals surface area (Å²) >= 11 is 9.33. The average Bonchev–Trinajstić information content (AvgIpc) is 2.71. The number of halogens is 2. The van der Waals surface area contributed by atoms with Crippen molar-refractivity contribution in [3.63, 3.8) is 0 Å². The molecule has 1 N–H and O–H groups in total. The predicted octanol–water partition coefficient (Wildman–Crippen LogP) is 4.30. The smallest absolute Gasteiger partial charge is 0.241 e. The van der Waals surface area contributed by atoms with Gasteiger partial charge in [0.2, 0.25) is 5.91 Å². The van der Waals surface area contributed by atoms with E-state index in [-0.39, 0.29) is 11.9 Å². The van der Waals surface area contributed by atoms with Gasteiger partial charge in [0.1, 0.15) is 0 Å². The molecule has 3 unspecified atom stereocenters. The van der Waals surface area contributed by atoms with Crippen molar-refractivity contribution < 1.29 is 4.79 Å². The summed E-state index contributed by atoms with van der Waals surface area (Å²) in [7, 11) is 0. The summed E-state index contributed by atoms with van der Waals surface area (Å²) in [5.41, 5.74) is 0.755. The first kappa shape index (κ1) is 15.8. The Hall–Kier alpha value is -0.580. The minimum Gasteiger partial charge on any atom is -0.324 e. The maximum Gasteiger partial charge on any atom is 0.241 e. The highest BCUT2D eigenvalue weighted by Gasteiger charge is 2.34. The fourth-order valence-corrected chi connectivity index (χ4v) is 3.72. The fourth-order valence-electron chi connectivity index (χ4n) is 2.94. The van der Waals surface area contributed by atoms with E-state index < -0.39 is 0 Å². The molecule has 0 radical (unpaired) electrons. The lowest BCUT2D eigenvalue weighted by Crippen LogP contribution is -2.46. The Kier molecular flexibility index (Phi) is 5.10. The van der Waals surface area contributed by atoms with Crippen molar-refractivity contribution in [3.05, 3.63) is 27.7 Å². The molecule has 5 heteroatoms. The van der Waals surface area contributed by atoms with E-state index in [0.29, 0.717) is 17.1 Å². The molecule has 2 rings (SSSR count). The normalized spacial score (nSPS) is 24.6. The lowest BCUT2D eigenvalue weighted by atomic mass is 10.2. The fraction of sp³-hybridized carbons (Fsp3) is 0.533. The number of hydrogen-bond donors (Lipinski definition) is 1. The van der Waals surface area contributed by atoms with Crippen molar-refractivity contribution in [2.45, 2.75) is 51.7 Å². The van der Waals surface area contributed by atoms with E-state index in [1.807, 2.05) is 13.0 Å². The Morgan fingerprint density at radius 2 is 2.00 bits per heavy atom. The van der Waals surface area contributed by atoms with E-state index in [2.05, 4.69) is 40.0 Å². The Balaban J connectivity index is 2.07. The number of likely N-dealkylation sites (tertiary alicyclic amines) is 1. The number of benzene rings is 1. The van der Waals surface area contributed by atoms with Gasteiger partial charge in [-0.15, -0.1) is 0 Å². The molecule has 1 saturated heterocycles. The third-order valence-electron chi connectivity index (χ3n) is 4.04. The molecule has 0 aromatic heterocycles.